The van der Waals surface area contributed by atoms with E-state index in [1.807, 2.05) is 31.2 Å². The molecule has 1 aromatic heterocycles. The Labute approximate surface area is 113 Å². The van der Waals surface area contributed by atoms with Crippen LogP contribution in [0, 0.1) is 13.8 Å². The first-order chi connectivity index (χ1) is 8.06. The van der Waals surface area contributed by atoms with Crippen LogP contribution >= 0.6 is 27.3 Å². The fourth-order valence-corrected chi connectivity index (χ4v) is 2.78. The predicted molar refractivity (Wildman–Crippen MR) is 75.9 cm³/mol. The molecule has 0 atom stereocenters. The Bertz CT molecular complexity index is 543. The number of carbonyl (C=O) groups is 1. The minimum atomic E-state index is -0.0763. The number of carbonyl (C=O) groups excluding carboxylic acids is 1. The quantitative estimate of drug-likeness (QED) is 0.876. The van der Waals surface area contributed by atoms with Crippen LogP contribution in [0.2, 0.25) is 0 Å². The molecule has 1 N–H and O–H groups in total. The van der Waals surface area contributed by atoms with Gasteiger partial charge in [0.25, 0.3) is 5.91 Å². The van der Waals surface area contributed by atoms with Gasteiger partial charge in [0.1, 0.15) is 0 Å². The van der Waals surface area contributed by atoms with Crippen LogP contribution in [0.3, 0.4) is 0 Å². The van der Waals surface area contributed by atoms with Crippen molar-refractivity contribution in [2.24, 2.45) is 0 Å². The van der Waals surface area contributed by atoms with Crippen molar-refractivity contribution in [3.63, 3.8) is 0 Å². The molecule has 0 radical (unpaired) electrons. The molecule has 0 aliphatic rings. The van der Waals surface area contributed by atoms with Crippen LogP contribution in [0.5, 0.6) is 0 Å². The summed E-state index contributed by atoms with van der Waals surface area (Å²) in [7, 11) is 0. The van der Waals surface area contributed by atoms with Crippen LogP contribution < -0.4 is 5.32 Å². The smallest absolute Gasteiger partial charge is 0.256 e. The minimum Gasteiger partial charge on any atom is -0.314 e. The predicted octanol–water partition coefficient (Wildman–Crippen LogP) is 4.38. The summed E-state index contributed by atoms with van der Waals surface area (Å²) in [6, 6.07) is 9.35. The molecular formula is C13H12BrNOS. The summed E-state index contributed by atoms with van der Waals surface area (Å²) in [5.41, 5.74) is 1.86. The molecule has 1 heterocycles. The van der Waals surface area contributed by atoms with Crippen molar-refractivity contribution in [2.75, 3.05) is 5.32 Å². The van der Waals surface area contributed by atoms with E-state index in [0.29, 0.717) is 5.56 Å². The van der Waals surface area contributed by atoms with Crippen molar-refractivity contribution in [1.82, 2.24) is 0 Å². The molecule has 0 aliphatic heterocycles. The van der Waals surface area contributed by atoms with E-state index in [9.17, 15) is 4.79 Å². The zero-order valence-electron chi connectivity index (χ0n) is 9.58. The second-order valence-corrected chi connectivity index (χ2v) is 5.99. The minimum absolute atomic E-state index is 0.0763. The first-order valence-electron chi connectivity index (χ1n) is 5.20. The van der Waals surface area contributed by atoms with E-state index in [4.69, 9.17) is 0 Å². The number of rotatable bonds is 2. The van der Waals surface area contributed by atoms with Crippen molar-refractivity contribution >= 4 is 38.2 Å². The number of nitrogens with one attached hydrogen (secondary N) is 1. The summed E-state index contributed by atoms with van der Waals surface area (Å²) >= 11 is 4.95. The van der Waals surface area contributed by atoms with E-state index >= 15 is 0 Å². The normalized spacial score (nSPS) is 10.3. The third kappa shape index (κ3) is 2.96. The molecule has 2 aromatic rings. The third-order valence-corrected chi connectivity index (χ3v) is 4.05. The molecule has 4 heteroatoms. The van der Waals surface area contributed by atoms with Crippen molar-refractivity contribution in [2.45, 2.75) is 13.8 Å². The lowest BCUT2D eigenvalue weighted by molar-refractivity contribution is 0.102. The molecule has 0 saturated heterocycles. The number of hydrogen-bond acceptors (Lipinski definition) is 2. The van der Waals surface area contributed by atoms with Crippen LogP contribution in [0.25, 0.3) is 0 Å². The maximum atomic E-state index is 12.0. The maximum absolute atomic E-state index is 12.0. The van der Waals surface area contributed by atoms with Crippen LogP contribution in [0.1, 0.15) is 20.8 Å². The highest BCUT2D eigenvalue weighted by Crippen LogP contribution is 2.26. The van der Waals surface area contributed by atoms with Crippen LogP contribution in [-0.2, 0) is 0 Å². The molecule has 88 valence electrons. The summed E-state index contributed by atoms with van der Waals surface area (Å²) in [4.78, 5) is 13.2. The standard InChI is InChI=1S/C13H12BrNOS/c1-8-6-12(17-9(8)2)15-13(16)10-4-3-5-11(14)7-10/h3-7H,1-2H3,(H,15,16). The first-order valence-corrected chi connectivity index (χ1v) is 6.81. The average Bonchev–Trinajstić information content (AvgIpc) is 2.58. The molecule has 0 aliphatic carbocycles. The Morgan fingerprint density at radius 3 is 2.65 bits per heavy atom. The molecule has 0 spiro atoms. The summed E-state index contributed by atoms with van der Waals surface area (Å²) in [5, 5.41) is 3.80. The summed E-state index contributed by atoms with van der Waals surface area (Å²) < 4.78 is 0.906. The molecule has 1 aromatic carbocycles. The lowest BCUT2D eigenvalue weighted by Gasteiger charge is -2.02. The van der Waals surface area contributed by atoms with Gasteiger partial charge in [0.2, 0.25) is 0 Å². The monoisotopic (exact) mass is 309 g/mol. The number of benzene rings is 1. The summed E-state index contributed by atoms with van der Waals surface area (Å²) in [5.74, 6) is -0.0763. The van der Waals surface area contributed by atoms with Gasteiger partial charge >= 0.3 is 0 Å². The Morgan fingerprint density at radius 2 is 2.06 bits per heavy atom. The molecule has 17 heavy (non-hydrogen) atoms. The zero-order valence-corrected chi connectivity index (χ0v) is 12.0. The number of halogens is 1. The van der Waals surface area contributed by atoms with Gasteiger partial charge in [0.05, 0.1) is 5.00 Å². The van der Waals surface area contributed by atoms with E-state index in [0.717, 1.165) is 9.47 Å². The van der Waals surface area contributed by atoms with Gasteiger partial charge in [-0.05, 0) is 43.7 Å². The number of hydrogen-bond donors (Lipinski definition) is 1. The van der Waals surface area contributed by atoms with Gasteiger partial charge in [0, 0.05) is 14.9 Å². The van der Waals surface area contributed by atoms with Crippen molar-refractivity contribution in [3.05, 3.63) is 50.8 Å². The number of thiophene rings is 1. The van der Waals surface area contributed by atoms with Gasteiger partial charge in [-0.15, -0.1) is 11.3 Å². The summed E-state index contributed by atoms with van der Waals surface area (Å²) in [6.07, 6.45) is 0. The van der Waals surface area contributed by atoms with E-state index in [2.05, 4.69) is 28.2 Å². The Balaban J connectivity index is 2.17. The second-order valence-electron chi connectivity index (χ2n) is 3.81. The molecular weight excluding hydrogens is 298 g/mol. The molecule has 0 unspecified atom stereocenters. The van der Waals surface area contributed by atoms with Crippen molar-refractivity contribution in [1.29, 1.82) is 0 Å². The Hall–Kier alpha value is -1.13. The van der Waals surface area contributed by atoms with E-state index in [-0.39, 0.29) is 5.91 Å². The van der Waals surface area contributed by atoms with E-state index in [1.165, 1.54) is 10.4 Å². The highest BCUT2D eigenvalue weighted by molar-refractivity contribution is 9.10. The molecule has 1 amide bonds. The summed E-state index contributed by atoms with van der Waals surface area (Å²) in [6.45, 7) is 4.09. The fraction of sp³-hybridized carbons (Fsp3) is 0.154. The first kappa shape index (κ1) is 12.3. The van der Waals surface area contributed by atoms with Crippen molar-refractivity contribution < 1.29 is 4.79 Å². The Morgan fingerprint density at radius 1 is 1.29 bits per heavy atom. The largest absolute Gasteiger partial charge is 0.314 e. The lowest BCUT2D eigenvalue weighted by atomic mass is 10.2. The Kier molecular flexibility index (Phi) is 3.64. The van der Waals surface area contributed by atoms with E-state index < -0.39 is 0 Å². The van der Waals surface area contributed by atoms with Crippen LogP contribution in [-0.4, -0.2) is 5.91 Å². The molecule has 0 saturated carbocycles. The molecule has 2 nitrogen and oxygen atoms in total. The molecule has 0 fully saturated rings. The SMILES string of the molecule is Cc1cc(NC(=O)c2cccc(Br)c2)sc1C. The van der Waals surface area contributed by atoms with Gasteiger partial charge in [-0.3, -0.25) is 4.79 Å². The lowest BCUT2D eigenvalue weighted by Crippen LogP contribution is -2.10. The molecule has 2 rings (SSSR count). The number of anilines is 1. The average molecular weight is 310 g/mol. The van der Waals surface area contributed by atoms with Gasteiger partial charge in [-0.2, -0.15) is 0 Å². The number of aryl methyl sites for hydroxylation is 2. The highest BCUT2D eigenvalue weighted by atomic mass is 79.9. The third-order valence-electron chi connectivity index (χ3n) is 2.49. The topological polar surface area (TPSA) is 29.1 Å². The van der Waals surface area contributed by atoms with Gasteiger partial charge in [-0.1, -0.05) is 22.0 Å². The van der Waals surface area contributed by atoms with Crippen molar-refractivity contribution in [3.8, 4) is 0 Å². The van der Waals surface area contributed by atoms with Crippen LogP contribution in [0.15, 0.2) is 34.8 Å². The van der Waals surface area contributed by atoms with E-state index in [1.54, 1.807) is 17.4 Å². The fourth-order valence-electron chi connectivity index (χ4n) is 1.45. The highest BCUT2D eigenvalue weighted by Gasteiger charge is 2.08. The zero-order chi connectivity index (χ0) is 12.4. The van der Waals surface area contributed by atoms with Gasteiger partial charge in [0.15, 0.2) is 0 Å². The maximum Gasteiger partial charge on any atom is 0.256 e. The van der Waals surface area contributed by atoms with Gasteiger partial charge in [-0.25, -0.2) is 0 Å². The molecule has 0 bridgehead atoms. The van der Waals surface area contributed by atoms with Gasteiger partial charge < -0.3 is 5.32 Å². The number of amides is 1. The second kappa shape index (κ2) is 5.02. The van der Waals surface area contributed by atoms with Crippen LogP contribution in [0.4, 0.5) is 5.00 Å².